The van der Waals surface area contributed by atoms with Gasteiger partial charge in [0, 0.05) is 0 Å². The van der Waals surface area contributed by atoms with Gasteiger partial charge in [-0.2, -0.15) is 0 Å². The lowest BCUT2D eigenvalue weighted by atomic mass is 9.97. The van der Waals surface area contributed by atoms with Gasteiger partial charge in [-0.1, -0.05) is 25.7 Å². The van der Waals surface area contributed by atoms with Crippen LogP contribution in [0.1, 0.15) is 91.9 Å². The van der Waals surface area contributed by atoms with E-state index in [1.807, 2.05) is 0 Å². The highest BCUT2D eigenvalue weighted by atomic mass is 35.5. The normalized spacial score (nSPS) is 18.4. The number of nitrogens with two attached hydrogens (primary N) is 2. The third kappa shape index (κ3) is 15.1. The van der Waals surface area contributed by atoms with Gasteiger partial charge >= 0.3 is 11.9 Å². The Hall–Kier alpha value is -0.890. The second-order valence-corrected chi connectivity index (χ2v) is 8.71. The summed E-state index contributed by atoms with van der Waals surface area (Å²) in [5, 5.41) is 17.0. The molecule has 0 radical (unpaired) electrons. The fraction of sp³-hybridized carbons (Fsp3) is 0.900. The van der Waals surface area contributed by atoms with Crippen LogP contribution in [0.5, 0.6) is 0 Å². The highest BCUT2D eigenvalue weighted by Crippen LogP contribution is 2.21. The van der Waals surface area contributed by atoms with Crippen molar-refractivity contribution < 1.29 is 24.5 Å². The SMILES string of the molecule is CC(C)(N)C(=O)O.CC(C)(N)C(=O)OC1CCCCC1.Cl.OC1CCCCC1. The van der Waals surface area contributed by atoms with E-state index in [1.54, 1.807) is 13.8 Å². The second kappa shape index (κ2) is 14.1. The fourth-order valence-electron chi connectivity index (χ4n) is 2.57. The van der Waals surface area contributed by atoms with Crippen LogP contribution in [0, 0.1) is 0 Å². The first-order valence-electron chi connectivity index (χ1n) is 10.0. The molecule has 0 unspecified atom stereocenters. The van der Waals surface area contributed by atoms with Crippen LogP contribution in [-0.4, -0.2) is 45.4 Å². The summed E-state index contributed by atoms with van der Waals surface area (Å²) < 4.78 is 5.29. The Kier molecular flexibility index (Phi) is 14.8. The molecule has 0 heterocycles. The molecule has 2 aliphatic rings. The Morgan fingerprint density at radius 2 is 1.18 bits per heavy atom. The molecule has 0 aromatic heterocycles. The lowest BCUT2D eigenvalue weighted by Gasteiger charge is -2.25. The van der Waals surface area contributed by atoms with Crippen molar-refractivity contribution in [3.05, 3.63) is 0 Å². The van der Waals surface area contributed by atoms with Crippen molar-refractivity contribution in [1.82, 2.24) is 0 Å². The number of carboxylic acid groups (broad SMARTS) is 1. The highest BCUT2D eigenvalue weighted by molar-refractivity contribution is 5.85. The maximum atomic E-state index is 11.4. The van der Waals surface area contributed by atoms with Crippen LogP contribution >= 0.6 is 12.4 Å². The smallest absolute Gasteiger partial charge is 0.325 e. The van der Waals surface area contributed by atoms with E-state index in [4.69, 9.17) is 26.4 Å². The van der Waals surface area contributed by atoms with E-state index >= 15 is 0 Å². The summed E-state index contributed by atoms with van der Waals surface area (Å²) in [5.41, 5.74) is 8.77. The van der Waals surface area contributed by atoms with Crippen LogP contribution in [0.4, 0.5) is 0 Å². The zero-order valence-corrected chi connectivity index (χ0v) is 18.7. The summed E-state index contributed by atoms with van der Waals surface area (Å²) in [6, 6.07) is 0. The third-order valence-electron chi connectivity index (χ3n) is 4.48. The Labute approximate surface area is 176 Å². The van der Waals surface area contributed by atoms with Crippen LogP contribution in [0.15, 0.2) is 0 Å². The molecule has 0 aromatic rings. The largest absolute Gasteiger partial charge is 0.480 e. The van der Waals surface area contributed by atoms with Crippen molar-refractivity contribution in [1.29, 1.82) is 0 Å². The summed E-state index contributed by atoms with van der Waals surface area (Å²) in [4.78, 5) is 21.3. The summed E-state index contributed by atoms with van der Waals surface area (Å²) >= 11 is 0. The number of rotatable bonds is 3. The number of carbonyl (C=O) groups excluding carboxylic acids is 1. The van der Waals surface area contributed by atoms with Crippen LogP contribution in [0.3, 0.4) is 0 Å². The number of halogens is 1. The first kappa shape index (κ1) is 29.3. The zero-order chi connectivity index (χ0) is 21.1. The van der Waals surface area contributed by atoms with Crippen molar-refractivity contribution in [2.24, 2.45) is 11.5 Å². The van der Waals surface area contributed by atoms with E-state index in [9.17, 15) is 9.59 Å². The van der Waals surface area contributed by atoms with Crippen LogP contribution < -0.4 is 11.5 Å². The highest BCUT2D eigenvalue weighted by Gasteiger charge is 2.27. The monoisotopic (exact) mass is 424 g/mol. The minimum Gasteiger partial charge on any atom is -0.480 e. The predicted molar refractivity (Wildman–Crippen MR) is 113 cm³/mol. The number of ether oxygens (including phenoxy) is 1. The van der Waals surface area contributed by atoms with Crippen molar-refractivity contribution in [2.75, 3.05) is 0 Å². The van der Waals surface area contributed by atoms with Gasteiger partial charge in [-0.15, -0.1) is 12.4 Å². The minimum absolute atomic E-state index is 0. The number of esters is 1. The number of hydrogen-bond acceptors (Lipinski definition) is 6. The molecule has 0 atom stereocenters. The topological polar surface area (TPSA) is 136 Å². The van der Waals surface area contributed by atoms with Gasteiger partial charge in [0.1, 0.15) is 17.2 Å². The molecule has 0 aromatic carbocycles. The van der Waals surface area contributed by atoms with E-state index in [0.29, 0.717) is 0 Å². The number of aliphatic carboxylic acids is 1. The quantitative estimate of drug-likeness (QED) is 0.510. The lowest BCUT2D eigenvalue weighted by molar-refractivity contribution is -0.155. The number of carbonyl (C=O) groups is 2. The van der Waals surface area contributed by atoms with E-state index in [-0.39, 0.29) is 30.6 Å². The molecule has 2 rings (SSSR count). The summed E-state index contributed by atoms with van der Waals surface area (Å²) in [6.07, 6.45) is 11.6. The van der Waals surface area contributed by atoms with Gasteiger partial charge < -0.3 is 26.4 Å². The summed E-state index contributed by atoms with van der Waals surface area (Å²) in [6.45, 7) is 6.24. The Morgan fingerprint density at radius 1 is 0.821 bits per heavy atom. The predicted octanol–water partition coefficient (Wildman–Crippen LogP) is 3.14. The molecule has 0 saturated heterocycles. The number of aliphatic hydroxyl groups is 1. The molecule has 0 amide bonds. The molecule has 8 heteroatoms. The van der Waals surface area contributed by atoms with E-state index in [2.05, 4.69) is 0 Å². The van der Waals surface area contributed by atoms with Gasteiger partial charge in [-0.25, -0.2) is 0 Å². The molecule has 0 aliphatic heterocycles. The van der Waals surface area contributed by atoms with E-state index < -0.39 is 17.0 Å². The molecule has 7 nitrogen and oxygen atoms in total. The van der Waals surface area contributed by atoms with Gasteiger partial charge in [0.25, 0.3) is 0 Å². The van der Waals surface area contributed by atoms with E-state index in [1.165, 1.54) is 52.4 Å². The summed E-state index contributed by atoms with van der Waals surface area (Å²) in [7, 11) is 0. The average molecular weight is 425 g/mol. The van der Waals surface area contributed by atoms with Crippen molar-refractivity contribution in [2.45, 2.75) is 115 Å². The molecule has 28 heavy (non-hydrogen) atoms. The van der Waals surface area contributed by atoms with Crippen molar-refractivity contribution in [3.8, 4) is 0 Å². The van der Waals surface area contributed by atoms with Crippen molar-refractivity contribution in [3.63, 3.8) is 0 Å². The number of carboxylic acids is 1. The van der Waals surface area contributed by atoms with Gasteiger partial charge in [0.15, 0.2) is 0 Å². The average Bonchev–Trinajstić information content (AvgIpc) is 2.56. The second-order valence-electron chi connectivity index (χ2n) is 8.71. The maximum absolute atomic E-state index is 11.4. The maximum Gasteiger partial charge on any atom is 0.325 e. The van der Waals surface area contributed by atoms with Crippen molar-refractivity contribution >= 4 is 24.3 Å². The fourth-order valence-corrected chi connectivity index (χ4v) is 2.57. The third-order valence-corrected chi connectivity index (χ3v) is 4.48. The first-order chi connectivity index (χ1) is 12.3. The first-order valence-corrected chi connectivity index (χ1v) is 10.0. The molecule has 2 fully saturated rings. The number of hydrogen-bond donors (Lipinski definition) is 4. The van der Waals surface area contributed by atoms with Gasteiger partial charge in [-0.3, -0.25) is 9.59 Å². The van der Waals surface area contributed by atoms with Gasteiger partial charge in [0.2, 0.25) is 0 Å². The Balaban J connectivity index is 0. The lowest BCUT2D eigenvalue weighted by Crippen LogP contribution is -2.44. The molecule has 6 N–H and O–H groups in total. The molecule has 0 bridgehead atoms. The Bertz CT molecular complexity index is 435. The molecular weight excluding hydrogens is 384 g/mol. The van der Waals surface area contributed by atoms with Crippen LogP contribution in [-0.2, 0) is 14.3 Å². The molecule has 2 aliphatic carbocycles. The number of aliphatic hydroxyl groups excluding tert-OH is 1. The van der Waals surface area contributed by atoms with Crippen LogP contribution in [0.2, 0.25) is 0 Å². The molecule has 0 spiro atoms. The minimum atomic E-state index is -1.08. The van der Waals surface area contributed by atoms with Gasteiger partial charge in [0.05, 0.1) is 6.10 Å². The summed E-state index contributed by atoms with van der Waals surface area (Å²) in [5.74, 6) is -1.26. The van der Waals surface area contributed by atoms with Crippen LogP contribution in [0.25, 0.3) is 0 Å². The Morgan fingerprint density at radius 3 is 1.43 bits per heavy atom. The molecule has 168 valence electrons. The van der Waals surface area contributed by atoms with E-state index in [0.717, 1.165) is 25.7 Å². The van der Waals surface area contributed by atoms with Gasteiger partial charge in [-0.05, 0) is 66.2 Å². The molecular formula is C20H41ClN2O5. The molecule has 2 saturated carbocycles. The zero-order valence-electron chi connectivity index (χ0n) is 17.9. The standard InChI is InChI=1S/C10H19NO2.C6H12O.C4H9NO2.ClH/c1-10(2,11)9(12)13-8-6-4-3-5-7-8;7-6-4-2-1-3-5-6;1-4(2,5)3(6)7;/h8H,3-7,11H2,1-2H3;6-7H,1-5H2;5H2,1-2H3,(H,6,7);1H.